The minimum atomic E-state index is -4.25. The van der Waals surface area contributed by atoms with Gasteiger partial charge in [-0.2, -0.15) is 18.4 Å². The van der Waals surface area contributed by atoms with Gasteiger partial charge in [0.1, 0.15) is 0 Å². The Balaban J connectivity index is 1.29. The molecule has 0 saturated heterocycles. The van der Waals surface area contributed by atoms with Crippen molar-refractivity contribution in [1.29, 1.82) is 5.26 Å². The minimum absolute atomic E-state index is 0.425. The van der Waals surface area contributed by atoms with Crippen LogP contribution in [0.5, 0.6) is 0 Å². The summed E-state index contributed by atoms with van der Waals surface area (Å²) in [6, 6.07) is 7.92. The van der Waals surface area contributed by atoms with E-state index in [9.17, 15) is 13.2 Å². The number of rotatable bonds is 7. The molecule has 4 heteroatoms. The Morgan fingerprint density at radius 2 is 1.37 bits per heavy atom. The van der Waals surface area contributed by atoms with Crippen molar-refractivity contribution in [3.63, 3.8) is 0 Å². The molecule has 0 radical (unpaired) electrons. The SMILES string of the molecule is N#C/C=C/[C@H]1CC[C@H](CCCC[C@H]2CC[C@H](c3ccc(C(F)(F)F)cc3)CC2)CC1. The summed E-state index contributed by atoms with van der Waals surface area (Å²) in [5.74, 6) is 2.70. The van der Waals surface area contributed by atoms with Crippen LogP contribution < -0.4 is 0 Å². The Bertz CT molecular complexity index is 697. The van der Waals surface area contributed by atoms with E-state index in [4.69, 9.17) is 5.26 Å². The maximum Gasteiger partial charge on any atom is 0.416 e. The highest BCUT2D eigenvalue weighted by Gasteiger charge is 2.30. The van der Waals surface area contributed by atoms with E-state index in [-0.39, 0.29) is 0 Å². The smallest absolute Gasteiger partial charge is 0.193 e. The summed E-state index contributed by atoms with van der Waals surface area (Å²) in [5.41, 5.74) is 0.522. The van der Waals surface area contributed by atoms with Crippen LogP contribution in [0.25, 0.3) is 0 Å². The van der Waals surface area contributed by atoms with Crippen LogP contribution in [0.3, 0.4) is 0 Å². The third kappa shape index (κ3) is 6.89. The van der Waals surface area contributed by atoms with Crippen molar-refractivity contribution >= 4 is 0 Å². The Morgan fingerprint density at radius 3 is 1.87 bits per heavy atom. The first kappa shape index (κ1) is 22.9. The first-order valence-electron chi connectivity index (χ1n) is 11.7. The molecule has 0 spiro atoms. The van der Waals surface area contributed by atoms with Gasteiger partial charge < -0.3 is 0 Å². The van der Waals surface area contributed by atoms with Gasteiger partial charge in [0.05, 0.1) is 11.6 Å². The van der Waals surface area contributed by atoms with Gasteiger partial charge in [-0.25, -0.2) is 0 Å². The van der Waals surface area contributed by atoms with Crippen LogP contribution in [0.4, 0.5) is 13.2 Å². The molecule has 1 aromatic carbocycles. The van der Waals surface area contributed by atoms with Crippen molar-refractivity contribution in [3.8, 4) is 6.07 Å². The standard InChI is InChI=1S/C26H34F3N/c27-26(28,29)25-17-15-24(16-18-25)23-13-11-21(12-14-23)5-2-1-4-20-7-9-22(10-8-20)6-3-19-30/h3,6,15-18,20-23H,1-2,4-5,7-14H2/b6-3+/t20-,21-,22-,23-. The normalized spacial score (nSPS) is 27.8. The molecule has 0 amide bonds. The molecule has 30 heavy (non-hydrogen) atoms. The summed E-state index contributed by atoms with van der Waals surface area (Å²) < 4.78 is 38.2. The monoisotopic (exact) mass is 417 g/mol. The number of hydrogen-bond donors (Lipinski definition) is 0. The fraction of sp³-hybridized carbons (Fsp3) is 0.654. The first-order chi connectivity index (χ1) is 14.5. The average Bonchev–Trinajstić information content (AvgIpc) is 2.76. The highest BCUT2D eigenvalue weighted by molar-refractivity contribution is 5.27. The number of unbranched alkanes of at least 4 members (excludes halogenated alkanes) is 1. The second-order valence-corrected chi connectivity index (χ2v) is 9.39. The fourth-order valence-electron chi connectivity index (χ4n) is 5.44. The molecular formula is C26H34F3N. The number of alkyl halides is 3. The molecule has 3 rings (SSSR count). The van der Waals surface area contributed by atoms with Gasteiger partial charge in [0.25, 0.3) is 0 Å². The van der Waals surface area contributed by atoms with E-state index in [1.165, 1.54) is 76.3 Å². The van der Waals surface area contributed by atoms with Crippen molar-refractivity contribution in [2.24, 2.45) is 17.8 Å². The molecule has 2 aliphatic rings. The van der Waals surface area contributed by atoms with Gasteiger partial charge in [0, 0.05) is 6.08 Å². The van der Waals surface area contributed by atoms with Crippen LogP contribution in [-0.4, -0.2) is 0 Å². The van der Waals surface area contributed by atoms with E-state index in [2.05, 4.69) is 12.1 Å². The van der Waals surface area contributed by atoms with Gasteiger partial charge in [0.2, 0.25) is 0 Å². The summed E-state index contributed by atoms with van der Waals surface area (Å²) in [4.78, 5) is 0. The first-order valence-corrected chi connectivity index (χ1v) is 11.7. The molecule has 0 aromatic heterocycles. The molecule has 2 aliphatic carbocycles. The van der Waals surface area contributed by atoms with Gasteiger partial charge in [-0.15, -0.1) is 0 Å². The summed E-state index contributed by atoms with van der Waals surface area (Å²) in [7, 11) is 0. The largest absolute Gasteiger partial charge is 0.416 e. The van der Waals surface area contributed by atoms with Gasteiger partial charge in [-0.1, -0.05) is 43.9 Å². The lowest BCUT2D eigenvalue weighted by Crippen LogP contribution is -2.15. The third-order valence-corrected chi connectivity index (χ3v) is 7.37. The number of hydrogen-bond acceptors (Lipinski definition) is 1. The van der Waals surface area contributed by atoms with Gasteiger partial charge in [0.15, 0.2) is 0 Å². The topological polar surface area (TPSA) is 23.8 Å². The lowest BCUT2D eigenvalue weighted by atomic mass is 9.76. The van der Waals surface area contributed by atoms with E-state index in [1.54, 1.807) is 18.2 Å². The van der Waals surface area contributed by atoms with Gasteiger partial charge in [-0.3, -0.25) is 0 Å². The van der Waals surface area contributed by atoms with Crippen LogP contribution in [0.15, 0.2) is 36.4 Å². The van der Waals surface area contributed by atoms with Crippen LogP contribution in [0.1, 0.15) is 94.1 Å². The second kappa shape index (κ2) is 11.0. The van der Waals surface area contributed by atoms with Crippen molar-refractivity contribution in [2.75, 3.05) is 0 Å². The van der Waals surface area contributed by atoms with Gasteiger partial charge >= 0.3 is 6.18 Å². The molecule has 0 atom stereocenters. The summed E-state index contributed by atoms with van der Waals surface area (Å²) in [6.07, 6.45) is 14.5. The van der Waals surface area contributed by atoms with Crippen LogP contribution in [0, 0.1) is 29.1 Å². The summed E-state index contributed by atoms with van der Waals surface area (Å²) >= 11 is 0. The molecule has 0 heterocycles. The molecule has 164 valence electrons. The minimum Gasteiger partial charge on any atom is -0.193 e. The molecular weight excluding hydrogens is 383 g/mol. The maximum absolute atomic E-state index is 12.7. The lowest BCUT2D eigenvalue weighted by molar-refractivity contribution is -0.137. The number of halogens is 3. The molecule has 0 aliphatic heterocycles. The molecule has 0 bridgehead atoms. The van der Waals surface area contributed by atoms with E-state index >= 15 is 0 Å². The van der Waals surface area contributed by atoms with Crippen LogP contribution in [0.2, 0.25) is 0 Å². The van der Waals surface area contributed by atoms with E-state index in [1.807, 2.05) is 0 Å². The molecule has 1 aromatic rings. The Morgan fingerprint density at radius 1 is 0.833 bits per heavy atom. The highest BCUT2D eigenvalue weighted by Crippen LogP contribution is 2.39. The van der Waals surface area contributed by atoms with Crippen molar-refractivity contribution in [1.82, 2.24) is 0 Å². The summed E-state index contributed by atoms with van der Waals surface area (Å²) in [5, 5.41) is 8.63. The van der Waals surface area contributed by atoms with Crippen LogP contribution in [-0.2, 0) is 6.18 Å². The zero-order chi connectivity index (χ0) is 21.4. The Kier molecular flexibility index (Phi) is 8.42. The van der Waals surface area contributed by atoms with Gasteiger partial charge in [-0.05, 0) is 92.7 Å². The van der Waals surface area contributed by atoms with Crippen molar-refractivity contribution in [2.45, 2.75) is 89.1 Å². The summed E-state index contributed by atoms with van der Waals surface area (Å²) in [6.45, 7) is 0. The molecule has 0 unspecified atom stereocenters. The average molecular weight is 418 g/mol. The van der Waals surface area contributed by atoms with E-state index in [0.717, 1.165) is 30.2 Å². The second-order valence-electron chi connectivity index (χ2n) is 9.39. The molecule has 0 N–H and O–H groups in total. The van der Waals surface area contributed by atoms with Crippen molar-refractivity contribution in [3.05, 3.63) is 47.5 Å². The predicted molar refractivity (Wildman–Crippen MR) is 115 cm³/mol. The molecule has 2 fully saturated rings. The van der Waals surface area contributed by atoms with E-state index < -0.39 is 11.7 Å². The maximum atomic E-state index is 12.7. The quantitative estimate of drug-likeness (QED) is 0.322. The number of nitriles is 1. The lowest BCUT2D eigenvalue weighted by Gasteiger charge is -2.29. The highest BCUT2D eigenvalue weighted by atomic mass is 19.4. The Labute approximate surface area is 179 Å². The van der Waals surface area contributed by atoms with E-state index in [0.29, 0.717) is 11.8 Å². The zero-order valence-corrected chi connectivity index (χ0v) is 17.8. The fourth-order valence-corrected chi connectivity index (χ4v) is 5.44. The number of benzene rings is 1. The Hall–Kier alpha value is -1.76. The molecule has 1 nitrogen and oxygen atoms in total. The predicted octanol–water partition coefficient (Wildman–Crippen LogP) is 8.43. The zero-order valence-electron chi connectivity index (χ0n) is 17.8. The number of nitrogens with zero attached hydrogens (tertiary/aromatic N) is 1. The third-order valence-electron chi connectivity index (χ3n) is 7.37. The van der Waals surface area contributed by atoms with Crippen molar-refractivity contribution < 1.29 is 13.2 Å². The molecule has 2 saturated carbocycles. The van der Waals surface area contributed by atoms with Crippen LogP contribution >= 0.6 is 0 Å². The number of allylic oxidation sites excluding steroid dienone is 2.